The van der Waals surface area contributed by atoms with E-state index < -0.39 is 129 Å². The fourth-order valence-corrected chi connectivity index (χ4v) is 5.16. The minimum Gasteiger partial charge on any atom is -0.394 e. The van der Waals surface area contributed by atoms with E-state index in [2.05, 4.69) is 21.3 Å². The van der Waals surface area contributed by atoms with Gasteiger partial charge >= 0.3 is 0 Å². The lowest BCUT2D eigenvalue weighted by atomic mass is 9.94. The zero-order valence-electron chi connectivity index (χ0n) is 26.6. The Morgan fingerprint density at radius 2 is 1.42 bits per heavy atom. The summed E-state index contributed by atoms with van der Waals surface area (Å²) in [5.74, 6) is -4.70. The van der Waals surface area contributed by atoms with Crippen molar-refractivity contribution >= 4 is 35.4 Å². The third-order valence-corrected chi connectivity index (χ3v) is 7.56. The molecule has 0 radical (unpaired) electrons. The highest BCUT2D eigenvalue weighted by Crippen LogP contribution is 2.30. The van der Waals surface area contributed by atoms with Gasteiger partial charge in [0.15, 0.2) is 12.6 Å². The third-order valence-electron chi connectivity index (χ3n) is 7.56. The zero-order chi connectivity index (χ0) is 36.3. The second-order valence-corrected chi connectivity index (χ2v) is 11.3. The highest BCUT2D eigenvalue weighted by molar-refractivity contribution is 5.92. The molecule has 0 saturated carbocycles. The Kier molecular flexibility index (Phi) is 16.0. The molecule has 0 spiro atoms. The Hall–Kier alpha value is -3.54. The van der Waals surface area contributed by atoms with Gasteiger partial charge in [-0.25, -0.2) is 0 Å². The molecule has 0 bridgehead atoms. The van der Waals surface area contributed by atoms with Crippen LogP contribution in [0.1, 0.15) is 40.0 Å². The number of amides is 6. The summed E-state index contributed by atoms with van der Waals surface area (Å²) in [6.07, 6.45) is -13.0. The van der Waals surface area contributed by atoms with Gasteiger partial charge in [0.1, 0.15) is 67.4 Å². The number of ether oxygens (including phenoxy) is 4. The van der Waals surface area contributed by atoms with Crippen molar-refractivity contribution in [1.29, 1.82) is 0 Å². The molecule has 2 saturated heterocycles. The number of aliphatic hydroxyl groups is 5. The van der Waals surface area contributed by atoms with E-state index in [1.54, 1.807) is 6.92 Å². The lowest BCUT2D eigenvalue weighted by Crippen LogP contribution is -2.69. The largest absolute Gasteiger partial charge is 0.394 e. The molecular weight excluding hydrogens is 648 g/mol. The molecule has 1 unspecified atom stereocenters. The van der Waals surface area contributed by atoms with Crippen LogP contribution in [0.4, 0.5) is 0 Å². The lowest BCUT2D eigenvalue weighted by molar-refractivity contribution is -0.331. The zero-order valence-corrected chi connectivity index (χ0v) is 26.6. The minimum atomic E-state index is -1.81. The molecule has 274 valence electrons. The molecular formula is C27H46N6O15. The van der Waals surface area contributed by atoms with E-state index >= 15 is 0 Å². The fourth-order valence-electron chi connectivity index (χ4n) is 5.16. The van der Waals surface area contributed by atoms with Crippen LogP contribution < -0.4 is 32.7 Å². The first-order valence-corrected chi connectivity index (χ1v) is 15.1. The van der Waals surface area contributed by atoms with Crippen molar-refractivity contribution in [3.05, 3.63) is 0 Å². The van der Waals surface area contributed by atoms with Gasteiger partial charge < -0.3 is 77.2 Å². The summed E-state index contributed by atoms with van der Waals surface area (Å²) >= 11 is 0. The van der Waals surface area contributed by atoms with Crippen LogP contribution >= 0.6 is 0 Å². The summed E-state index contributed by atoms with van der Waals surface area (Å²) in [5.41, 5.74) is 10.4. The molecule has 0 aromatic rings. The van der Waals surface area contributed by atoms with Crippen molar-refractivity contribution in [3.63, 3.8) is 0 Å². The molecule has 21 heteroatoms. The van der Waals surface area contributed by atoms with Gasteiger partial charge in [0.2, 0.25) is 35.4 Å². The van der Waals surface area contributed by atoms with E-state index in [1.807, 2.05) is 0 Å². The summed E-state index contributed by atoms with van der Waals surface area (Å²) in [5, 5.41) is 61.0. The van der Waals surface area contributed by atoms with Crippen molar-refractivity contribution in [2.24, 2.45) is 11.5 Å². The second-order valence-electron chi connectivity index (χ2n) is 11.3. The van der Waals surface area contributed by atoms with Crippen molar-refractivity contribution in [2.45, 2.75) is 113 Å². The van der Waals surface area contributed by atoms with Crippen LogP contribution in [0.25, 0.3) is 0 Å². The quantitative estimate of drug-likeness (QED) is 0.0674. The van der Waals surface area contributed by atoms with Crippen LogP contribution in [0.3, 0.4) is 0 Å². The lowest BCUT2D eigenvalue weighted by Gasteiger charge is -2.48. The van der Waals surface area contributed by atoms with Crippen molar-refractivity contribution < 1.29 is 73.2 Å². The monoisotopic (exact) mass is 694 g/mol. The van der Waals surface area contributed by atoms with Gasteiger partial charge in [0, 0.05) is 20.3 Å². The number of aliphatic hydroxyl groups excluding tert-OH is 5. The molecule has 0 aromatic carbocycles. The number of nitrogens with one attached hydrogen (secondary N) is 4. The van der Waals surface area contributed by atoms with Crippen LogP contribution in [0, 0.1) is 0 Å². The molecule has 48 heavy (non-hydrogen) atoms. The first kappa shape index (κ1) is 40.6. The summed E-state index contributed by atoms with van der Waals surface area (Å²) in [7, 11) is 0. The van der Waals surface area contributed by atoms with Gasteiger partial charge in [-0.15, -0.1) is 0 Å². The molecule has 12 atom stereocenters. The maximum Gasteiger partial charge on any atom is 0.246 e. The minimum absolute atomic E-state index is 0.0332. The molecule has 0 aromatic heterocycles. The SMILES string of the molecule is CC[C@H](NC(=O)CO[C@H]1[C@H](O[C@@H]2O[C@H](CO)[C@@H](O)[C@H](O)[C@H]2NC(C)=O)[C@@H](CO)OC(O)[C@@H]1NC(C)=O)C(=O)N[C@H](CCC(N)=O)C(N)=O. The Labute approximate surface area is 274 Å². The molecule has 2 heterocycles. The van der Waals surface area contributed by atoms with E-state index in [0.717, 1.165) is 13.8 Å². The van der Waals surface area contributed by atoms with Crippen LogP contribution in [0.5, 0.6) is 0 Å². The third kappa shape index (κ3) is 11.3. The standard InChI is InChI=1S/C27H46N6O15/c1-4-12(25(43)33-13(24(29)42)5-6-16(28)38)32-17(39)9-45-23-19(31-11(3)37)26(44)46-15(8-35)22(23)48-27-18(30-10(2)36)21(41)20(40)14(7-34)47-27/h12-15,18-23,26-27,34-35,40-41,44H,4-9H2,1-3H3,(H2,28,38)(H2,29,42)(H,30,36)(H,31,37)(H,32,39)(H,33,43)/t12-,13+,14+,15+,18+,19+,20+,21+,22+,23+,26?,27-/m0/s1. The number of rotatable bonds is 17. The number of hydrogen-bond donors (Lipinski definition) is 11. The molecule has 2 fully saturated rings. The number of carbonyl (C=O) groups excluding carboxylic acids is 6. The first-order chi connectivity index (χ1) is 22.5. The first-order valence-electron chi connectivity index (χ1n) is 15.1. The van der Waals surface area contributed by atoms with E-state index in [1.165, 1.54) is 0 Å². The Morgan fingerprint density at radius 1 is 0.812 bits per heavy atom. The molecule has 21 nitrogen and oxygen atoms in total. The fraction of sp³-hybridized carbons (Fsp3) is 0.778. The molecule has 2 aliphatic rings. The molecule has 0 aliphatic carbocycles. The molecule has 13 N–H and O–H groups in total. The number of primary amides is 2. The summed E-state index contributed by atoms with van der Waals surface area (Å²) in [6.45, 7) is 1.34. The highest BCUT2D eigenvalue weighted by atomic mass is 16.7. The van der Waals surface area contributed by atoms with E-state index in [9.17, 15) is 54.3 Å². The van der Waals surface area contributed by atoms with Crippen molar-refractivity contribution in [3.8, 4) is 0 Å². The smallest absolute Gasteiger partial charge is 0.246 e. The summed E-state index contributed by atoms with van der Waals surface area (Å²) < 4.78 is 22.8. The topological polar surface area (TPSA) is 341 Å². The van der Waals surface area contributed by atoms with E-state index in [-0.39, 0.29) is 19.3 Å². The van der Waals surface area contributed by atoms with Gasteiger partial charge in [-0.3, -0.25) is 28.8 Å². The van der Waals surface area contributed by atoms with E-state index in [4.69, 9.17) is 30.4 Å². The summed E-state index contributed by atoms with van der Waals surface area (Å²) in [4.78, 5) is 72.6. The van der Waals surface area contributed by atoms with Crippen LogP contribution in [0.2, 0.25) is 0 Å². The maximum atomic E-state index is 13.0. The Balaban J connectivity index is 2.31. The average Bonchev–Trinajstić information content (AvgIpc) is 3.01. The van der Waals surface area contributed by atoms with Crippen LogP contribution in [0.15, 0.2) is 0 Å². The Bertz CT molecular complexity index is 1150. The second kappa shape index (κ2) is 18.9. The van der Waals surface area contributed by atoms with E-state index in [0.29, 0.717) is 0 Å². The van der Waals surface area contributed by atoms with Crippen LogP contribution in [-0.4, -0.2) is 154 Å². The van der Waals surface area contributed by atoms with Gasteiger partial charge in [-0.05, 0) is 12.8 Å². The maximum absolute atomic E-state index is 13.0. The predicted molar refractivity (Wildman–Crippen MR) is 157 cm³/mol. The number of hydrogen-bond acceptors (Lipinski definition) is 15. The molecule has 6 amide bonds. The normalized spacial score (nSPS) is 31.5. The van der Waals surface area contributed by atoms with Gasteiger partial charge in [-0.2, -0.15) is 0 Å². The molecule has 2 aliphatic heterocycles. The number of nitrogens with two attached hydrogens (primary N) is 2. The average molecular weight is 695 g/mol. The van der Waals surface area contributed by atoms with Crippen molar-refractivity contribution in [2.75, 3.05) is 19.8 Å². The van der Waals surface area contributed by atoms with Gasteiger partial charge in [0.05, 0.1) is 13.2 Å². The highest BCUT2D eigenvalue weighted by Gasteiger charge is 2.52. The molecule has 2 rings (SSSR count). The van der Waals surface area contributed by atoms with Crippen molar-refractivity contribution in [1.82, 2.24) is 21.3 Å². The van der Waals surface area contributed by atoms with Gasteiger partial charge in [-0.1, -0.05) is 6.92 Å². The summed E-state index contributed by atoms with van der Waals surface area (Å²) in [6, 6.07) is -5.35. The number of carbonyl (C=O) groups is 6. The predicted octanol–water partition coefficient (Wildman–Crippen LogP) is -6.95. The van der Waals surface area contributed by atoms with Crippen LogP contribution in [-0.2, 0) is 47.7 Å². The van der Waals surface area contributed by atoms with Gasteiger partial charge in [0.25, 0.3) is 0 Å². The Morgan fingerprint density at radius 3 is 1.94 bits per heavy atom.